The van der Waals surface area contributed by atoms with Crippen LogP contribution >= 0.6 is 0 Å². The smallest absolute Gasteiger partial charge is 0.251 e. The molecule has 0 aromatic heterocycles. The fraction of sp³-hybridized carbons (Fsp3) is 0.231. The number of carbonyl (C=O) groups is 2. The summed E-state index contributed by atoms with van der Waals surface area (Å²) in [7, 11) is 3.22. The van der Waals surface area contributed by atoms with E-state index >= 15 is 0 Å². The Hall–Kier alpha value is -3.80. The molecule has 0 spiro atoms. The second kappa shape index (κ2) is 10.5. The van der Waals surface area contributed by atoms with Gasteiger partial charge in [0.2, 0.25) is 0 Å². The van der Waals surface area contributed by atoms with E-state index in [2.05, 4.69) is 10.6 Å². The third-order valence-corrected chi connectivity index (χ3v) is 5.31. The Bertz CT molecular complexity index is 979. The van der Waals surface area contributed by atoms with E-state index in [0.29, 0.717) is 11.1 Å². The summed E-state index contributed by atoms with van der Waals surface area (Å²) in [5.41, 5.74) is 2.77. The standard InChI is InChI=1S/C26H28N2O4/c1-17(19-8-12-23(31-3)13-9-19)27-25(29)21-6-5-7-22(16-21)26(30)28-18(2)20-10-14-24(32-4)15-11-20/h5-18H,1-4H3,(H,27,29)(H,28,30). The molecule has 0 bridgehead atoms. The van der Waals surface area contributed by atoms with Gasteiger partial charge in [0, 0.05) is 11.1 Å². The van der Waals surface area contributed by atoms with E-state index in [-0.39, 0.29) is 23.9 Å². The van der Waals surface area contributed by atoms with Gasteiger partial charge in [-0.1, -0.05) is 30.3 Å². The second-order valence-corrected chi connectivity index (χ2v) is 7.52. The van der Waals surface area contributed by atoms with Crippen LogP contribution in [0.15, 0.2) is 72.8 Å². The van der Waals surface area contributed by atoms with Crippen molar-refractivity contribution in [2.75, 3.05) is 14.2 Å². The summed E-state index contributed by atoms with van der Waals surface area (Å²) in [5, 5.41) is 5.94. The molecule has 3 aromatic rings. The van der Waals surface area contributed by atoms with Gasteiger partial charge in [0.05, 0.1) is 26.3 Å². The molecule has 3 rings (SSSR count). The molecule has 32 heavy (non-hydrogen) atoms. The Kier molecular flexibility index (Phi) is 7.49. The minimum atomic E-state index is -0.244. The van der Waals surface area contributed by atoms with Gasteiger partial charge < -0.3 is 20.1 Å². The van der Waals surface area contributed by atoms with Gasteiger partial charge in [0.25, 0.3) is 11.8 Å². The summed E-state index contributed by atoms with van der Waals surface area (Å²) in [6, 6.07) is 21.4. The molecule has 0 aliphatic carbocycles. The van der Waals surface area contributed by atoms with Crippen molar-refractivity contribution in [3.8, 4) is 11.5 Å². The van der Waals surface area contributed by atoms with E-state index in [1.165, 1.54) is 0 Å². The topological polar surface area (TPSA) is 76.7 Å². The van der Waals surface area contributed by atoms with Crippen LogP contribution in [0, 0.1) is 0 Å². The summed E-state index contributed by atoms with van der Waals surface area (Å²) in [6.45, 7) is 3.82. The van der Waals surface area contributed by atoms with E-state index in [1.54, 1.807) is 38.5 Å². The van der Waals surface area contributed by atoms with Crippen molar-refractivity contribution >= 4 is 11.8 Å². The highest BCUT2D eigenvalue weighted by Crippen LogP contribution is 2.19. The minimum absolute atomic E-state index is 0.194. The number of rotatable bonds is 8. The molecule has 3 aromatic carbocycles. The number of methoxy groups -OCH3 is 2. The van der Waals surface area contributed by atoms with Gasteiger partial charge in [-0.05, 0) is 67.4 Å². The Balaban J connectivity index is 1.65. The number of hydrogen-bond acceptors (Lipinski definition) is 4. The molecule has 2 N–H and O–H groups in total. The number of hydrogen-bond donors (Lipinski definition) is 2. The molecule has 0 saturated heterocycles. The SMILES string of the molecule is COc1ccc(C(C)NC(=O)c2cccc(C(=O)NC(C)c3ccc(OC)cc3)c2)cc1. The fourth-order valence-corrected chi connectivity index (χ4v) is 3.31. The van der Waals surface area contributed by atoms with Crippen LogP contribution in [-0.2, 0) is 0 Å². The summed E-state index contributed by atoms with van der Waals surface area (Å²) in [6.07, 6.45) is 0. The summed E-state index contributed by atoms with van der Waals surface area (Å²) >= 11 is 0. The van der Waals surface area contributed by atoms with Crippen molar-refractivity contribution in [3.05, 3.63) is 95.1 Å². The quantitative estimate of drug-likeness (QED) is 0.542. The van der Waals surface area contributed by atoms with Crippen LogP contribution in [0.25, 0.3) is 0 Å². The number of nitrogens with one attached hydrogen (secondary N) is 2. The molecule has 6 nitrogen and oxygen atoms in total. The first kappa shape index (κ1) is 22.9. The number of amides is 2. The Morgan fingerprint density at radius 3 is 1.38 bits per heavy atom. The number of benzene rings is 3. The molecule has 6 heteroatoms. The van der Waals surface area contributed by atoms with Crippen LogP contribution in [0.3, 0.4) is 0 Å². The van der Waals surface area contributed by atoms with Crippen molar-refractivity contribution in [1.82, 2.24) is 10.6 Å². The average Bonchev–Trinajstić information content (AvgIpc) is 2.84. The highest BCUT2D eigenvalue weighted by molar-refractivity contribution is 5.99. The van der Waals surface area contributed by atoms with E-state index in [9.17, 15) is 9.59 Å². The third-order valence-electron chi connectivity index (χ3n) is 5.31. The normalized spacial score (nSPS) is 12.4. The van der Waals surface area contributed by atoms with Gasteiger partial charge in [-0.2, -0.15) is 0 Å². The average molecular weight is 433 g/mol. The maximum atomic E-state index is 12.8. The van der Waals surface area contributed by atoms with Crippen LogP contribution in [0.2, 0.25) is 0 Å². The van der Waals surface area contributed by atoms with E-state index in [0.717, 1.165) is 22.6 Å². The van der Waals surface area contributed by atoms with Crippen LogP contribution in [0.4, 0.5) is 0 Å². The van der Waals surface area contributed by atoms with Gasteiger partial charge in [-0.15, -0.1) is 0 Å². The molecule has 0 fully saturated rings. The Morgan fingerprint density at radius 2 is 1.03 bits per heavy atom. The van der Waals surface area contributed by atoms with Crippen LogP contribution in [-0.4, -0.2) is 26.0 Å². The van der Waals surface area contributed by atoms with Crippen molar-refractivity contribution in [2.45, 2.75) is 25.9 Å². The zero-order valence-electron chi connectivity index (χ0n) is 18.7. The predicted molar refractivity (Wildman–Crippen MR) is 124 cm³/mol. The lowest BCUT2D eigenvalue weighted by molar-refractivity contribution is 0.0939. The third kappa shape index (κ3) is 5.66. The summed E-state index contributed by atoms with van der Waals surface area (Å²) in [5.74, 6) is 1.03. The monoisotopic (exact) mass is 432 g/mol. The molecule has 0 saturated carbocycles. The highest BCUT2D eigenvalue weighted by Gasteiger charge is 2.16. The molecule has 2 atom stereocenters. The lowest BCUT2D eigenvalue weighted by Crippen LogP contribution is -2.28. The van der Waals surface area contributed by atoms with E-state index in [1.807, 2.05) is 62.4 Å². The first-order valence-corrected chi connectivity index (χ1v) is 10.4. The van der Waals surface area contributed by atoms with Crippen LogP contribution in [0.1, 0.15) is 57.8 Å². The van der Waals surface area contributed by atoms with Crippen molar-refractivity contribution in [2.24, 2.45) is 0 Å². The molecule has 0 heterocycles. The van der Waals surface area contributed by atoms with Gasteiger partial charge in [-0.3, -0.25) is 9.59 Å². The highest BCUT2D eigenvalue weighted by atomic mass is 16.5. The number of carbonyl (C=O) groups excluding carboxylic acids is 2. The Morgan fingerprint density at radius 1 is 0.656 bits per heavy atom. The molecule has 166 valence electrons. The van der Waals surface area contributed by atoms with Gasteiger partial charge >= 0.3 is 0 Å². The summed E-state index contributed by atoms with van der Waals surface area (Å²) < 4.78 is 10.3. The van der Waals surface area contributed by atoms with Gasteiger partial charge in [0.1, 0.15) is 11.5 Å². The first-order valence-electron chi connectivity index (χ1n) is 10.4. The maximum absolute atomic E-state index is 12.8. The van der Waals surface area contributed by atoms with Crippen molar-refractivity contribution < 1.29 is 19.1 Å². The molecular formula is C26H28N2O4. The maximum Gasteiger partial charge on any atom is 0.251 e. The lowest BCUT2D eigenvalue weighted by atomic mass is 10.1. The zero-order valence-corrected chi connectivity index (χ0v) is 18.7. The number of ether oxygens (including phenoxy) is 2. The molecular weight excluding hydrogens is 404 g/mol. The molecule has 0 aliphatic rings. The van der Waals surface area contributed by atoms with Gasteiger partial charge in [-0.25, -0.2) is 0 Å². The Labute approximate surface area is 188 Å². The summed E-state index contributed by atoms with van der Waals surface area (Å²) in [4.78, 5) is 25.5. The largest absolute Gasteiger partial charge is 0.497 e. The fourth-order valence-electron chi connectivity index (χ4n) is 3.31. The van der Waals surface area contributed by atoms with Crippen molar-refractivity contribution in [3.63, 3.8) is 0 Å². The van der Waals surface area contributed by atoms with Crippen LogP contribution in [0.5, 0.6) is 11.5 Å². The van der Waals surface area contributed by atoms with Crippen molar-refractivity contribution in [1.29, 1.82) is 0 Å². The minimum Gasteiger partial charge on any atom is -0.497 e. The zero-order chi connectivity index (χ0) is 23.1. The molecule has 0 aliphatic heterocycles. The van der Waals surface area contributed by atoms with E-state index < -0.39 is 0 Å². The lowest BCUT2D eigenvalue weighted by Gasteiger charge is -2.16. The van der Waals surface area contributed by atoms with Crippen LogP contribution < -0.4 is 20.1 Å². The molecule has 2 unspecified atom stereocenters. The van der Waals surface area contributed by atoms with Gasteiger partial charge in [0.15, 0.2) is 0 Å². The molecule has 2 amide bonds. The molecule has 0 radical (unpaired) electrons. The first-order chi connectivity index (χ1) is 15.4. The second-order valence-electron chi connectivity index (χ2n) is 7.52. The van der Waals surface area contributed by atoms with E-state index in [4.69, 9.17) is 9.47 Å². The predicted octanol–water partition coefficient (Wildman–Crippen LogP) is 4.69.